The average molecular weight is 317 g/mol. The SMILES string of the molecule is CCC(CC)(CN)Nc1ncc([N+](=O)[O-])cc1Br. The predicted octanol–water partition coefficient (Wildman–Crippen LogP) is 2.68. The van der Waals surface area contributed by atoms with Crippen LogP contribution in [0.15, 0.2) is 16.7 Å². The van der Waals surface area contributed by atoms with Gasteiger partial charge in [-0.2, -0.15) is 0 Å². The molecule has 0 saturated heterocycles. The number of anilines is 1. The Hall–Kier alpha value is -1.21. The third-order valence-corrected chi connectivity index (χ3v) is 3.77. The van der Waals surface area contributed by atoms with Crippen molar-refractivity contribution in [2.45, 2.75) is 32.2 Å². The van der Waals surface area contributed by atoms with Crippen molar-refractivity contribution in [3.63, 3.8) is 0 Å². The highest BCUT2D eigenvalue weighted by Gasteiger charge is 2.25. The van der Waals surface area contributed by atoms with Gasteiger partial charge in [-0.25, -0.2) is 4.98 Å². The van der Waals surface area contributed by atoms with Crippen molar-refractivity contribution in [1.82, 2.24) is 4.98 Å². The van der Waals surface area contributed by atoms with Crippen molar-refractivity contribution >= 4 is 27.4 Å². The topological polar surface area (TPSA) is 94.1 Å². The molecule has 0 aliphatic rings. The lowest BCUT2D eigenvalue weighted by atomic mass is 9.93. The minimum atomic E-state index is -0.475. The van der Waals surface area contributed by atoms with Crippen LogP contribution in [0.3, 0.4) is 0 Å². The van der Waals surface area contributed by atoms with Gasteiger partial charge in [0.05, 0.1) is 14.9 Å². The van der Waals surface area contributed by atoms with Crippen molar-refractivity contribution < 1.29 is 4.92 Å². The number of halogens is 1. The highest BCUT2D eigenvalue weighted by Crippen LogP contribution is 2.28. The number of nitrogens with one attached hydrogen (secondary N) is 1. The van der Waals surface area contributed by atoms with E-state index in [1.807, 2.05) is 13.8 Å². The van der Waals surface area contributed by atoms with Gasteiger partial charge in [0.1, 0.15) is 12.0 Å². The Labute approximate surface area is 114 Å². The molecule has 1 heterocycles. The summed E-state index contributed by atoms with van der Waals surface area (Å²) in [5, 5.41) is 13.9. The maximum atomic E-state index is 10.6. The summed E-state index contributed by atoms with van der Waals surface area (Å²) in [5.74, 6) is 0.578. The molecule has 0 aliphatic heterocycles. The Morgan fingerprint density at radius 1 is 1.56 bits per heavy atom. The van der Waals surface area contributed by atoms with Crippen LogP contribution < -0.4 is 11.1 Å². The van der Waals surface area contributed by atoms with Crippen molar-refractivity contribution in [3.8, 4) is 0 Å². The maximum Gasteiger partial charge on any atom is 0.288 e. The van der Waals surface area contributed by atoms with Gasteiger partial charge in [0.2, 0.25) is 0 Å². The summed E-state index contributed by atoms with van der Waals surface area (Å²) in [4.78, 5) is 14.2. The van der Waals surface area contributed by atoms with Crippen LogP contribution in [0.5, 0.6) is 0 Å². The fourth-order valence-corrected chi connectivity index (χ4v) is 2.07. The molecule has 18 heavy (non-hydrogen) atoms. The molecule has 0 saturated carbocycles. The van der Waals surface area contributed by atoms with Crippen LogP contribution in [0.4, 0.5) is 11.5 Å². The third-order valence-electron chi connectivity index (χ3n) is 3.17. The molecule has 0 radical (unpaired) electrons. The molecule has 100 valence electrons. The summed E-state index contributed by atoms with van der Waals surface area (Å²) >= 11 is 3.29. The molecule has 0 fully saturated rings. The molecule has 0 spiro atoms. The maximum absolute atomic E-state index is 10.6. The van der Waals surface area contributed by atoms with E-state index < -0.39 is 4.92 Å². The van der Waals surface area contributed by atoms with Gasteiger partial charge >= 0.3 is 0 Å². The van der Waals surface area contributed by atoms with Gasteiger partial charge in [0.25, 0.3) is 5.69 Å². The van der Waals surface area contributed by atoms with E-state index >= 15 is 0 Å². The highest BCUT2D eigenvalue weighted by molar-refractivity contribution is 9.10. The summed E-state index contributed by atoms with van der Waals surface area (Å²) in [7, 11) is 0. The van der Waals surface area contributed by atoms with E-state index in [9.17, 15) is 10.1 Å². The zero-order chi connectivity index (χ0) is 13.8. The van der Waals surface area contributed by atoms with E-state index in [-0.39, 0.29) is 11.2 Å². The van der Waals surface area contributed by atoms with Gasteiger partial charge in [-0.05, 0) is 28.8 Å². The first-order valence-electron chi connectivity index (χ1n) is 5.76. The van der Waals surface area contributed by atoms with Crippen LogP contribution in [-0.2, 0) is 0 Å². The van der Waals surface area contributed by atoms with Crippen LogP contribution in [0.25, 0.3) is 0 Å². The summed E-state index contributed by atoms with van der Waals surface area (Å²) < 4.78 is 0.566. The van der Waals surface area contributed by atoms with Gasteiger partial charge in [0.15, 0.2) is 0 Å². The minimum Gasteiger partial charge on any atom is -0.362 e. The van der Waals surface area contributed by atoms with Crippen LogP contribution in [0, 0.1) is 10.1 Å². The molecule has 3 N–H and O–H groups in total. The molecule has 0 amide bonds. The minimum absolute atomic E-state index is 0.0428. The fourth-order valence-electron chi connectivity index (χ4n) is 1.64. The van der Waals surface area contributed by atoms with Crippen molar-refractivity contribution in [2.75, 3.05) is 11.9 Å². The Balaban J connectivity index is 3.01. The lowest BCUT2D eigenvalue weighted by molar-refractivity contribution is -0.385. The first kappa shape index (κ1) is 14.8. The number of nitrogens with two attached hydrogens (primary N) is 1. The van der Waals surface area contributed by atoms with Crippen molar-refractivity contribution in [2.24, 2.45) is 5.73 Å². The Morgan fingerprint density at radius 2 is 2.17 bits per heavy atom. The zero-order valence-corrected chi connectivity index (χ0v) is 12.0. The molecule has 0 aromatic carbocycles. The Morgan fingerprint density at radius 3 is 2.56 bits per heavy atom. The molecule has 0 aliphatic carbocycles. The first-order valence-corrected chi connectivity index (χ1v) is 6.55. The molecule has 1 aromatic rings. The zero-order valence-electron chi connectivity index (χ0n) is 10.4. The molecule has 0 unspecified atom stereocenters. The smallest absolute Gasteiger partial charge is 0.288 e. The van der Waals surface area contributed by atoms with Gasteiger partial charge in [-0.3, -0.25) is 10.1 Å². The predicted molar refractivity (Wildman–Crippen MR) is 74.6 cm³/mol. The van der Waals surface area contributed by atoms with Gasteiger partial charge < -0.3 is 11.1 Å². The lowest BCUT2D eigenvalue weighted by Crippen LogP contribution is -2.44. The van der Waals surface area contributed by atoms with E-state index in [4.69, 9.17) is 5.73 Å². The number of hydrogen-bond acceptors (Lipinski definition) is 5. The van der Waals surface area contributed by atoms with Crippen LogP contribution in [0.2, 0.25) is 0 Å². The molecule has 6 nitrogen and oxygen atoms in total. The molecule has 0 bridgehead atoms. The molecular weight excluding hydrogens is 300 g/mol. The second-order valence-electron chi connectivity index (χ2n) is 4.10. The molecule has 1 aromatic heterocycles. The van der Waals surface area contributed by atoms with Crippen molar-refractivity contribution in [1.29, 1.82) is 0 Å². The summed E-state index contributed by atoms with van der Waals surface area (Å²) in [6.45, 7) is 4.57. The third kappa shape index (κ3) is 3.17. The van der Waals surface area contributed by atoms with Gasteiger partial charge in [-0.1, -0.05) is 13.8 Å². The molecule has 0 atom stereocenters. The lowest BCUT2D eigenvalue weighted by Gasteiger charge is -2.32. The molecule has 7 heteroatoms. The monoisotopic (exact) mass is 316 g/mol. The average Bonchev–Trinajstić information content (AvgIpc) is 2.38. The largest absolute Gasteiger partial charge is 0.362 e. The normalized spacial score (nSPS) is 11.3. The number of aromatic nitrogens is 1. The number of rotatable bonds is 6. The van der Waals surface area contributed by atoms with Crippen LogP contribution in [0.1, 0.15) is 26.7 Å². The van der Waals surface area contributed by atoms with Gasteiger partial charge in [0, 0.05) is 12.6 Å². The number of nitro groups is 1. The van der Waals surface area contributed by atoms with E-state index in [1.165, 1.54) is 12.3 Å². The van der Waals surface area contributed by atoms with E-state index in [0.717, 1.165) is 12.8 Å². The second-order valence-corrected chi connectivity index (χ2v) is 4.95. The Kier molecular flexibility index (Phi) is 5.03. The first-order chi connectivity index (χ1) is 8.48. The van der Waals surface area contributed by atoms with E-state index in [0.29, 0.717) is 16.8 Å². The molecule has 1 rings (SSSR count). The summed E-state index contributed by atoms with van der Waals surface area (Å²) in [5.41, 5.74) is 5.52. The number of hydrogen-bond donors (Lipinski definition) is 2. The van der Waals surface area contributed by atoms with E-state index in [2.05, 4.69) is 26.2 Å². The van der Waals surface area contributed by atoms with Crippen molar-refractivity contribution in [3.05, 3.63) is 26.9 Å². The summed E-state index contributed by atoms with van der Waals surface area (Å²) in [6, 6.07) is 1.43. The number of pyridine rings is 1. The van der Waals surface area contributed by atoms with Crippen LogP contribution >= 0.6 is 15.9 Å². The number of nitrogens with zero attached hydrogens (tertiary/aromatic N) is 2. The quantitative estimate of drug-likeness (QED) is 0.621. The van der Waals surface area contributed by atoms with Crippen LogP contribution in [-0.4, -0.2) is 22.0 Å². The molecular formula is C11H17BrN4O2. The highest BCUT2D eigenvalue weighted by atomic mass is 79.9. The van der Waals surface area contributed by atoms with Gasteiger partial charge in [-0.15, -0.1) is 0 Å². The fraction of sp³-hybridized carbons (Fsp3) is 0.545. The Bertz CT molecular complexity index is 427. The van der Waals surface area contributed by atoms with E-state index in [1.54, 1.807) is 0 Å². The second kappa shape index (κ2) is 6.10. The summed E-state index contributed by atoms with van der Waals surface area (Å²) in [6.07, 6.45) is 2.94. The standard InChI is InChI=1S/C11H17BrN4O2/c1-3-11(4-2,7-13)15-10-9(12)5-8(6-14-10)16(17)18/h5-6H,3-4,7,13H2,1-2H3,(H,14,15).